The van der Waals surface area contributed by atoms with Crippen LogP contribution in [0.15, 0.2) is 48.0 Å². The molecule has 1 heterocycles. The van der Waals surface area contributed by atoms with E-state index >= 15 is 0 Å². The van der Waals surface area contributed by atoms with Crippen LogP contribution in [0.4, 0.5) is 0 Å². The predicted molar refractivity (Wildman–Crippen MR) is 111 cm³/mol. The molecule has 2 unspecified atom stereocenters. The molecule has 3 atom stereocenters. The summed E-state index contributed by atoms with van der Waals surface area (Å²) in [6.45, 7) is 2.30. The van der Waals surface area contributed by atoms with Crippen LogP contribution in [0.25, 0.3) is 16.3 Å². The number of likely N-dealkylation sites (tertiary alicyclic amines) is 1. The molecule has 1 saturated heterocycles. The van der Waals surface area contributed by atoms with Crippen molar-refractivity contribution in [3.05, 3.63) is 53.6 Å². The molecule has 0 aromatic heterocycles. The van der Waals surface area contributed by atoms with Gasteiger partial charge in [-0.1, -0.05) is 36.4 Å². The van der Waals surface area contributed by atoms with Gasteiger partial charge >= 0.3 is 0 Å². The van der Waals surface area contributed by atoms with Gasteiger partial charge in [-0.15, -0.1) is 12.4 Å². The number of hydrogen-bond donors (Lipinski definition) is 0. The summed E-state index contributed by atoms with van der Waals surface area (Å²) in [7, 11) is 1.86. The summed E-state index contributed by atoms with van der Waals surface area (Å²) in [6, 6.07) is 15.8. The van der Waals surface area contributed by atoms with Crippen molar-refractivity contribution < 1.29 is 4.74 Å². The molecular formula is C23H28ClNO. The Morgan fingerprint density at radius 2 is 1.81 bits per heavy atom. The van der Waals surface area contributed by atoms with Crippen molar-refractivity contribution in [3.63, 3.8) is 0 Å². The first kappa shape index (κ1) is 18.0. The third-order valence-corrected chi connectivity index (χ3v) is 6.69. The van der Waals surface area contributed by atoms with E-state index in [4.69, 9.17) is 4.74 Å². The molecule has 3 heteroatoms. The first-order valence-corrected chi connectivity index (χ1v) is 9.82. The lowest BCUT2D eigenvalue weighted by Gasteiger charge is -2.28. The van der Waals surface area contributed by atoms with Gasteiger partial charge in [-0.05, 0) is 77.5 Å². The van der Waals surface area contributed by atoms with Gasteiger partial charge in [-0.3, -0.25) is 4.90 Å². The lowest BCUT2D eigenvalue weighted by atomic mass is 9.86. The first-order valence-electron chi connectivity index (χ1n) is 9.82. The second-order valence-corrected chi connectivity index (χ2v) is 8.01. The number of allylic oxidation sites excluding steroid dienone is 1. The van der Waals surface area contributed by atoms with Crippen LogP contribution < -0.4 is 0 Å². The van der Waals surface area contributed by atoms with E-state index < -0.39 is 0 Å². The van der Waals surface area contributed by atoms with E-state index in [1.807, 2.05) is 7.11 Å². The summed E-state index contributed by atoms with van der Waals surface area (Å²) in [5.74, 6) is 1.59. The molecule has 0 N–H and O–H groups in total. The molecule has 26 heavy (non-hydrogen) atoms. The highest BCUT2D eigenvalue weighted by Gasteiger charge is 2.40. The highest BCUT2D eigenvalue weighted by molar-refractivity contribution is 5.87. The average Bonchev–Trinajstić information content (AvgIpc) is 3.37. The van der Waals surface area contributed by atoms with Gasteiger partial charge in [0.15, 0.2) is 0 Å². The molecule has 5 rings (SSSR count). The molecule has 0 radical (unpaired) electrons. The second-order valence-electron chi connectivity index (χ2n) is 8.01. The van der Waals surface area contributed by atoms with Gasteiger partial charge in [0.25, 0.3) is 0 Å². The summed E-state index contributed by atoms with van der Waals surface area (Å²) in [6.07, 6.45) is 6.92. The number of nitrogens with zero attached hydrogens (tertiary/aromatic N) is 1. The Kier molecular flexibility index (Phi) is 5.09. The van der Waals surface area contributed by atoms with Crippen molar-refractivity contribution in [2.24, 2.45) is 11.8 Å². The van der Waals surface area contributed by atoms with Gasteiger partial charge in [-0.2, -0.15) is 0 Å². The minimum Gasteiger partial charge on any atom is -0.366 e. The normalized spacial score (nSPS) is 28.1. The molecule has 2 fully saturated rings. The van der Waals surface area contributed by atoms with Crippen LogP contribution in [0.5, 0.6) is 0 Å². The van der Waals surface area contributed by atoms with E-state index in [9.17, 15) is 0 Å². The maximum atomic E-state index is 5.72. The Morgan fingerprint density at radius 3 is 2.65 bits per heavy atom. The van der Waals surface area contributed by atoms with Gasteiger partial charge < -0.3 is 4.74 Å². The fraction of sp³-hybridized carbons (Fsp3) is 0.478. The molecule has 2 aromatic carbocycles. The van der Waals surface area contributed by atoms with E-state index in [1.54, 1.807) is 11.1 Å². The molecule has 2 nitrogen and oxygen atoms in total. The zero-order valence-electron chi connectivity index (χ0n) is 15.5. The third-order valence-electron chi connectivity index (χ3n) is 6.69. The summed E-state index contributed by atoms with van der Waals surface area (Å²) in [5.41, 5.74) is 4.85. The maximum absolute atomic E-state index is 5.72. The molecule has 2 aliphatic carbocycles. The Bertz CT molecular complexity index is 830. The number of ether oxygens (including phenoxy) is 1. The van der Waals surface area contributed by atoms with Gasteiger partial charge in [0, 0.05) is 20.2 Å². The first-order chi connectivity index (χ1) is 12.3. The monoisotopic (exact) mass is 369 g/mol. The summed E-state index contributed by atoms with van der Waals surface area (Å²) < 4.78 is 5.72. The van der Waals surface area contributed by atoms with Gasteiger partial charge in [-0.25, -0.2) is 0 Å². The molecule has 2 bridgehead atoms. The summed E-state index contributed by atoms with van der Waals surface area (Å²) in [5, 5.41) is 2.71. The quantitative estimate of drug-likeness (QED) is 0.704. The van der Waals surface area contributed by atoms with Gasteiger partial charge in [0.2, 0.25) is 0 Å². The fourth-order valence-corrected chi connectivity index (χ4v) is 5.50. The summed E-state index contributed by atoms with van der Waals surface area (Å²) in [4.78, 5) is 2.57. The topological polar surface area (TPSA) is 12.5 Å². The van der Waals surface area contributed by atoms with E-state index in [0.29, 0.717) is 6.23 Å². The molecule has 1 saturated carbocycles. The second kappa shape index (κ2) is 7.34. The minimum absolute atomic E-state index is 0. The molecule has 3 aliphatic rings. The highest BCUT2D eigenvalue weighted by Crippen LogP contribution is 2.53. The van der Waals surface area contributed by atoms with Crippen LogP contribution in [-0.2, 0) is 4.74 Å². The minimum atomic E-state index is 0. The number of benzene rings is 2. The van der Waals surface area contributed by atoms with Crippen LogP contribution in [0, 0.1) is 11.8 Å². The van der Waals surface area contributed by atoms with E-state index in [1.165, 1.54) is 55.0 Å². The lowest BCUT2D eigenvalue weighted by Crippen LogP contribution is -2.33. The van der Waals surface area contributed by atoms with Crippen molar-refractivity contribution in [1.82, 2.24) is 4.90 Å². The average molecular weight is 370 g/mol. The Labute approximate surface area is 162 Å². The predicted octanol–water partition coefficient (Wildman–Crippen LogP) is 5.51. The van der Waals surface area contributed by atoms with Crippen LogP contribution in [0.3, 0.4) is 0 Å². The molecule has 1 aliphatic heterocycles. The molecule has 0 amide bonds. The smallest absolute Gasteiger partial charge is 0.110 e. The van der Waals surface area contributed by atoms with Crippen molar-refractivity contribution >= 4 is 28.8 Å². The number of hydrogen-bond acceptors (Lipinski definition) is 2. The van der Waals surface area contributed by atoms with Gasteiger partial charge in [0.1, 0.15) is 6.23 Å². The van der Waals surface area contributed by atoms with Crippen LogP contribution >= 0.6 is 12.4 Å². The SMILES string of the molecule is CO[C@@H]1CCCN1CC1=C(c2ccc3ccccc3c2)C2CCC1C2.Cl. The number of halogens is 1. The number of rotatable bonds is 4. The van der Waals surface area contributed by atoms with Crippen LogP contribution in [0.2, 0.25) is 0 Å². The maximum Gasteiger partial charge on any atom is 0.110 e. The third kappa shape index (κ3) is 2.98. The zero-order valence-corrected chi connectivity index (χ0v) is 16.3. The number of methoxy groups -OCH3 is 1. The Balaban J connectivity index is 0.00000168. The molecular weight excluding hydrogens is 342 g/mol. The van der Waals surface area contributed by atoms with E-state index in [0.717, 1.165) is 18.4 Å². The van der Waals surface area contributed by atoms with Crippen molar-refractivity contribution in [3.8, 4) is 0 Å². The highest BCUT2D eigenvalue weighted by atomic mass is 35.5. The van der Waals surface area contributed by atoms with Crippen molar-refractivity contribution in [1.29, 1.82) is 0 Å². The summed E-state index contributed by atoms with van der Waals surface area (Å²) >= 11 is 0. The van der Waals surface area contributed by atoms with Crippen LogP contribution in [-0.4, -0.2) is 31.3 Å². The van der Waals surface area contributed by atoms with Crippen molar-refractivity contribution in [2.45, 2.75) is 38.3 Å². The fourth-order valence-electron chi connectivity index (χ4n) is 5.50. The lowest BCUT2D eigenvalue weighted by molar-refractivity contribution is 0.000497. The molecule has 0 spiro atoms. The Morgan fingerprint density at radius 1 is 1.00 bits per heavy atom. The molecule has 138 valence electrons. The van der Waals surface area contributed by atoms with Gasteiger partial charge in [0.05, 0.1) is 0 Å². The van der Waals surface area contributed by atoms with Crippen molar-refractivity contribution in [2.75, 3.05) is 20.2 Å². The zero-order chi connectivity index (χ0) is 16.8. The number of fused-ring (bicyclic) bond motifs is 3. The van der Waals surface area contributed by atoms with Crippen LogP contribution in [0.1, 0.15) is 37.7 Å². The standard InChI is InChI=1S/C23H27NO.ClH/c1-25-22-7-4-12-24(22)15-21-18-9-11-20(14-18)23(21)19-10-8-16-5-2-3-6-17(16)13-19;/h2-3,5-6,8,10,13,18,20,22H,4,7,9,11-12,14-15H2,1H3;1H/t18?,20?,22-;/m1./s1. The largest absolute Gasteiger partial charge is 0.366 e. The van der Waals surface area contributed by atoms with E-state index in [-0.39, 0.29) is 12.4 Å². The molecule has 2 aromatic rings. The van der Waals surface area contributed by atoms with E-state index in [2.05, 4.69) is 47.4 Å². The Hall–Kier alpha value is -1.35.